The van der Waals surface area contributed by atoms with Gasteiger partial charge in [-0.1, -0.05) is 24.3 Å². The summed E-state index contributed by atoms with van der Waals surface area (Å²) < 4.78 is 2.24. The van der Waals surface area contributed by atoms with Crippen LogP contribution in [0.1, 0.15) is 41.1 Å². The fourth-order valence-electron chi connectivity index (χ4n) is 4.73. The van der Waals surface area contributed by atoms with Crippen LogP contribution < -0.4 is 10.6 Å². The van der Waals surface area contributed by atoms with E-state index in [0.29, 0.717) is 0 Å². The Bertz CT molecular complexity index is 1240. The molecule has 0 unspecified atom stereocenters. The Hall–Kier alpha value is -3.23. The van der Waals surface area contributed by atoms with Gasteiger partial charge in [0.2, 0.25) is 0 Å². The van der Waals surface area contributed by atoms with Crippen molar-refractivity contribution in [2.75, 3.05) is 18.4 Å². The lowest BCUT2D eigenvalue weighted by molar-refractivity contribution is 0.315. The molecule has 0 amide bonds. The van der Waals surface area contributed by atoms with Crippen LogP contribution >= 0.6 is 23.6 Å². The molecule has 1 saturated heterocycles. The van der Waals surface area contributed by atoms with Crippen molar-refractivity contribution in [2.24, 2.45) is 0 Å². The zero-order valence-electron chi connectivity index (χ0n) is 19.3. The number of pyridine rings is 1. The van der Waals surface area contributed by atoms with E-state index in [1.807, 2.05) is 48.1 Å². The van der Waals surface area contributed by atoms with Crippen LogP contribution in [0.3, 0.4) is 0 Å². The smallest absolute Gasteiger partial charge is 0.193 e. The quantitative estimate of drug-likeness (QED) is 0.255. The first-order valence-electron chi connectivity index (χ1n) is 11.5. The lowest BCUT2D eigenvalue weighted by Crippen LogP contribution is -2.31. The Morgan fingerprint density at radius 2 is 1.88 bits per heavy atom. The fraction of sp³-hybridized carbons (Fsp3) is 0.269. The molecule has 4 aromatic rings. The molecule has 2 atom stereocenters. The summed E-state index contributed by atoms with van der Waals surface area (Å²) in [7, 11) is 0. The van der Waals surface area contributed by atoms with Gasteiger partial charge < -0.3 is 15.5 Å². The van der Waals surface area contributed by atoms with E-state index in [1.165, 1.54) is 17.0 Å². The number of para-hydroxylation sites is 1. The molecule has 174 valence electrons. The minimum atomic E-state index is -0.0129. The minimum absolute atomic E-state index is 0.0129. The van der Waals surface area contributed by atoms with Gasteiger partial charge in [0.15, 0.2) is 10.2 Å². The van der Waals surface area contributed by atoms with Crippen molar-refractivity contribution in [3.8, 4) is 5.13 Å². The number of anilines is 1. The van der Waals surface area contributed by atoms with Gasteiger partial charge >= 0.3 is 0 Å². The number of benzene rings is 1. The van der Waals surface area contributed by atoms with Crippen LogP contribution in [0.5, 0.6) is 0 Å². The summed E-state index contributed by atoms with van der Waals surface area (Å²) in [6, 6.07) is 18.7. The Morgan fingerprint density at radius 1 is 1.06 bits per heavy atom. The Morgan fingerprint density at radius 3 is 2.62 bits per heavy atom. The number of aryl methyl sites for hydroxylation is 1. The van der Waals surface area contributed by atoms with Crippen LogP contribution in [-0.2, 0) is 0 Å². The number of nitrogens with zero attached hydrogens (tertiary/aromatic N) is 4. The van der Waals surface area contributed by atoms with E-state index in [-0.39, 0.29) is 12.1 Å². The van der Waals surface area contributed by atoms with Gasteiger partial charge in [0.25, 0.3) is 0 Å². The topological polar surface area (TPSA) is 58.0 Å². The minimum Gasteiger partial charge on any atom is -0.385 e. The maximum absolute atomic E-state index is 5.85. The third-order valence-corrected chi connectivity index (χ3v) is 7.38. The zero-order chi connectivity index (χ0) is 23.5. The molecule has 1 aliphatic rings. The molecule has 34 heavy (non-hydrogen) atoms. The molecule has 1 aromatic carbocycles. The number of hydrogen-bond acceptors (Lipinski definition) is 5. The van der Waals surface area contributed by atoms with Gasteiger partial charge in [0, 0.05) is 47.9 Å². The second-order valence-electron chi connectivity index (χ2n) is 8.44. The van der Waals surface area contributed by atoms with Crippen molar-refractivity contribution in [1.29, 1.82) is 0 Å². The zero-order valence-corrected chi connectivity index (χ0v) is 20.9. The molecule has 6 nitrogen and oxygen atoms in total. The summed E-state index contributed by atoms with van der Waals surface area (Å²) >= 11 is 7.50. The van der Waals surface area contributed by atoms with E-state index in [1.54, 1.807) is 11.3 Å². The summed E-state index contributed by atoms with van der Waals surface area (Å²) in [5.41, 5.74) is 5.76. The van der Waals surface area contributed by atoms with Crippen molar-refractivity contribution in [2.45, 2.75) is 32.4 Å². The first kappa shape index (κ1) is 22.6. The number of aromatic nitrogens is 3. The molecule has 0 saturated carbocycles. The highest BCUT2D eigenvalue weighted by atomic mass is 32.1. The lowest BCUT2D eigenvalue weighted by atomic mass is 9.96. The van der Waals surface area contributed by atoms with Crippen LogP contribution in [0.4, 0.5) is 5.69 Å². The average molecular weight is 489 g/mol. The first-order valence-corrected chi connectivity index (χ1v) is 12.8. The lowest BCUT2D eigenvalue weighted by Gasteiger charge is -2.28. The highest BCUT2D eigenvalue weighted by Crippen LogP contribution is 2.41. The van der Waals surface area contributed by atoms with E-state index in [4.69, 9.17) is 12.2 Å². The third-order valence-electron chi connectivity index (χ3n) is 6.28. The Kier molecular flexibility index (Phi) is 6.60. The number of hydrogen-bond donors (Lipinski definition) is 2. The van der Waals surface area contributed by atoms with Crippen molar-refractivity contribution < 1.29 is 0 Å². The summed E-state index contributed by atoms with van der Waals surface area (Å²) in [6.45, 7) is 6.04. The highest BCUT2D eigenvalue weighted by Gasteiger charge is 2.41. The largest absolute Gasteiger partial charge is 0.385 e. The van der Waals surface area contributed by atoms with E-state index in [9.17, 15) is 0 Å². The Labute approximate surface area is 209 Å². The second kappa shape index (κ2) is 9.95. The van der Waals surface area contributed by atoms with Crippen LogP contribution in [-0.4, -0.2) is 37.6 Å². The van der Waals surface area contributed by atoms with Gasteiger partial charge in [0.1, 0.15) is 0 Å². The summed E-state index contributed by atoms with van der Waals surface area (Å²) in [6.07, 6.45) is 4.67. The second-order valence-corrected chi connectivity index (χ2v) is 9.70. The third kappa shape index (κ3) is 4.43. The summed E-state index contributed by atoms with van der Waals surface area (Å²) in [5.74, 6) is 0. The predicted molar refractivity (Wildman–Crippen MR) is 143 cm³/mol. The molecular formula is C26H28N6S2. The van der Waals surface area contributed by atoms with Crippen molar-refractivity contribution in [1.82, 2.24) is 24.8 Å². The molecule has 0 bridgehead atoms. The molecule has 1 aliphatic heterocycles. The van der Waals surface area contributed by atoms with Crippen LogP contribution in [0.25, 0.3) is 5.13 Å². The summed E-state index contributed by atoms with van der Waals surface area (Å²) in [4.78, 5) is 11.6. The monoisotopic (exact) mass is 488 g/mol. The van der Waals surface area contributed by atoms with E-state index < -0.39 is 0 Å². The molecule has 4 heterocycles. The van der Waals surface area contributed by atoms with Crippen LogP contribution in [0.15, 0.2) is 72.4 Å². The number of thiocarbonyl (C=S) groups is 1. The van der Waals surface area contributed by atoms with Gasteiger partial charge in [0.05, 0.1) is 17.8 Å². The molecule has 0 spiro atoms. The molecule has 5 rings (SSSR count). The van der Waals surface area contributed by atoms with Gasteiger partial charge in [-0.05, 0) is 68.4 Å². The fourth-order valence-corrected chi connectivity index (χ4v) is 5.81. The maximum atomic E-state index is 5.85. The molecule has 2 N–H and O–H groups in total. The first-order chi connectivity index (χ1) is 16.6. The van der Waals surface area contributed by atoms with Gasteiger partial charge in [-0.25, -0.2) is 4.98 Å². The molecule has 8 heteroatoms. The summed E-state index contributed by atoms with van der Waals surface area (Å²) in [5, 5.41) is 10.9. The predicted octanol–water partition coefficient (Wildman–Crippen LogP) is 5.42. The van der Waals surface area contributed by atoms with Crippen molar-refractivity contribution in [3.63, 3.8) is 0 Å². The van der Waals surface area contributed by atoms with E-state index in [2.05, 4.69) is 68.2 Å². The Balaban J connectivity index is 1.43. The highest BCUT2D eigenvalue weighted by molar-refractivity contribution is 7.80. The molecular weight excluding hydrogens is 460 g/mol. The van der Waals surface area contributed by atoms with Gasteiger partial charge in [-0.2, -0.15) is 0 Å². The molecule has 3 aromatic heterocycles. The van der Waals surface area contributed by atoms with Gasteiger partial charge in [-0.3, -0.25) is 9.55 Å². The van der Waals surface area contributed by atoms with E-state index >= 15 is 0 Å². The van der Waals surface area contributed by atoms with Crippen LogP contribution in [0, 0.1) is 13.8 Å². The normalized spacial score (nSPS) is 17.7. The molecule has 1 fully saturated rings. The molecule has 0 radical (unpaired) electrons. The molecule has 0 aliphatic carbocycles. The number of thiazole rings is 1. The van der Waals surface area contributed by atoms with Crippen molar-refractivity contribution in [3.05, 3.63) is 95.0 Å². The van der Waals surface area contributed by atoms with E-state index in [0.717, 1.165) is 41.1 Å². The SMILES string of the molecule is Cc1cc([C@@H]2[C@H](c3ccccn3)NC(=S)N2CCCNc2ccccc2)c(C)n1-c1nccs1. The number of rotatable bonds is 8. The average Bonchev–Trinajstić information content (AvgIpc) is 3.56. The van der Waals surface area contributed by atoms with Crippen molar-refractivity contribution >= 4 is 34.4 Å². The van der Waals surface area contributed by atoms with Crippen LogP contribution in [0.2, 0.25) is 0 Å². The maximum Gasteiger partial charge on any atom is 0.193 e. The van der Waals surface area contributed by atoms with Gasteiger partial charge in [-0.15, -0.1) is 11.3 Å². The number of nitrogens with one attached hydrogen (secondary N) is 2. The standard InChI is InChI=1S/C26H28N6S2/c1-18-17-21(19(2)32(18)26-29-14-16-34-26)24-23(22-11-6-7-12-28-22)30-25(33)31(24)15-8-13-27-20-9-4-3-5-10-20/h3-7,9-12,14,16-17,23-24,27H,8,13,15H2,1-2H3,(H,30,33)/t23-,24+/m0/s1.